The second kappa shape index (κ2) is 5.82. The molecule has 0 aliphatic rings. The molecule has 1 aromatic heterocycles. The molecule has 5 heteroatoms. The van der Waals surface area contributed by atoms with E-state index >= 15 is 0 Å². The van der Waals surface area contributed by atoms with Gasteiger partial charge in [-0.3, -0.25) is 4.79 Å². The van der Waals surface area contributed by atoms with Crippen molar-refractivity contribution in [1.29, 1.82) is 0 Å². The Morgan fingerprint density at radius 1 is 1.73 bits per heavy atom. The first-order chi connectivity index (χ1) is 7.17. The van der Waals surface area contributed by atoms with E-state index in [2.05, 4.69) is 11.9 Å². The van der Waals surface area contributed by atoms with Crippen LogP contribution >= 0.6 is 11.3 Å². The lowest BCUT2D eigenvalue weighted by Crippen LogP contribution is -2.03. The summed E-state index contributed by atoms with van der Waals surface area (Å²) in [6.45, 7) is 2.08. The summed E-state index contributed by atoms with van der Waals surface area (Å²) in [5.74, 6) is -0.851. The Kier molecular flexibility index (Phi) is 4.71. The maximum absolute atomic E-state index is 10.5. The van der Waals surface area contributed by atoms with Gasteiger partial charge in [0.25, 0.3) is 0 Å². The SMILES string of the molecule is CCCC(OC)c1nc(CC(=O)O)cs1. The van der Waals surface area contributed by atoms with Crippen molar-refractivity contribution < 1.29 is 14.6 Å². The molecule has 1 heterocycles. The number of carboxylic acids is 1. The fraction of sp³-hybridized carbons (Fsp3) is 0.600. The van der Waals surface area contributed by atoms with Gasteiger partial charge in [0.15, 0.2) is 0 Å². The first kappa shape index (κ1) is 12.1. The Hall–Kier alpha value is -0.940. The molecule has 0 aliphatic carbocycles. The van der Waals surface area contributed by atoms with Crippen LogP contribution in [0.5, 0.6) is 0 Å². The molecule has 1 atom stereocenters. The Morgan fingerprint density at radius 3 is 3.00 bits per heavy atom. The van der Waals surface area contributed by atoms with Gasteiger partial charge in [-0.25, -0.2) is 4.98 Å². The van der Waals surface area contributed by atoms with E-state index in [0.29, 0.717) is 5.69 Å². The summed E-state index contributed by atoms with van der Waals surface area (Å²) in [6, 6.07) is 0. The highest BCUT2D eigenvalue weighted by atomic mass is 32.1. The number of hydrogen-bond acceptors (Lipinski definition) is 4. The number of thiazole rings is 1. The molecule has 0 aliphatic heterocycles. The molecule has 1 aromatic rings. The summed E-state index contributed by atoms with van der Waals surface area (Å²) in [5.41, 5.74) is 0.612. The van der Waals surface area contributed by atoms with Crippen LogP contribution in [-0.4, -0.2) is 23.2 Å². The second-order valence-electron chi connectivity index (χ2n) is 3.26. The molecule has 0 fully saturated rings. The lowest BCUT2D eigenvalue weighted by atomic mass is 10.2. The Morgan fingerprint density at radius 2 is 2.47 bits per heavy atom. The number of rotatable bonds is 6. The predicted octanol–water partition coefficient (Wildman–Crippen LogP) is 2.26. The predicted molar refractivity (Wildman–Crippen MR) is 58.1 cm³/mol. The summed E-state index contributed by atoms with van der Waals surface area (Å²) in [5, 5.41) is 11.3. The fourth-order valence-corrected chi connectivity index (χ4v) is 2.24. The van der Waals surface area contributed by atoms with E-state index in [0.717, 1.165) is 17.8 Å². The second-order valence-corrected chi connectivity index (χ2v) is 4.15. The van der Waals surface area contributed by atoms with E-state index in [9.17, 15) is 4.79 Å². The third-order valence-electron chi connectivity index (χ3n) is 2.01. The lowest BCUT2D eigenvalue weighted by molar-refractivity contribution is -0.136. The zero-order valence-corrected chi connectivity index (χ0v) is 9.71. The average molecular weight is 229 g/mol. The number of carbonyl (C=O) groups is 1. The van der Waals surface area contributed by atoms with Crippen molar-refractivity contribution in [1.82, 2.24) is 4.98 Å². The van der Waals surface area contributed by atoms with E-state index in [1.165, 1.54) is 11.3 Å². The largest absolute Gasteiger partial charge is 0.481 e. The molecule has 0 saturated heterocycles. The van der Waals surface area contributed by atoms with Crippen LogP contribution in [-0.2, 0) is 16.0 Å². The summed E-state index contributed by atoms with van der Waals surface area (Å²) in [7, 11) is 1.65. The van der Waals surface area contributed by atoms with Gasteiger partial charge in [-0.15, -0.1) is 11.3 Å². The first-order valence-corrected chi connectivity index (χ1v) is 5.74. The molecule has 0 saturated carbocycles. The highest BCUT2D eigenvalue weighted by Crippen LogP contribution is 2.25. The van der Waals surface area contributed by atoms with Crippen molar-refractivity contribution in [3.8, 4) is 0 Å². The van der Waals surface area contributed by atoms with Crippen molar-refractivity contribution in [2.45, 2.75) is 32.3 Å². The summed E-state index contributed by atoms with van der Waals surface area (Å²) >= 11 is 1.46. The molecule has 0 bridgehead atoms. The van der Waals surface area contributed by atoms with Crippen LogP contribution in [0.25, 0.3) is 0 Å². The topological polar surface area (TPSA) is 59.4 Å². The van der Waals surface area contributed by atoms with E-state index in [4.69, 9.17) is 9.84 Å². The quantitative estimate of drug-likeness (QED) is 0.812. The third-order valence-corrected chi connectivity index (χ3v) is 3.00. The van der Waals surface area contributed by atoms with Crippen LogP contribution in [0.3, 0.4) is 0 Å². The number of ether oxygens (including phenoxy) is 1. The molecule has 0 aromatic carbocycles. The molecule has 4 nitrogen and oxygen atoms in total. The molecular weight excluding hydrogens is 214 g/mol. The van der Waals surface area contributed by atoms with Gasteiger partial charge in [0, 0.05) is 12.5 Å². The van der Waals surface area contributed by atoms with Crippen LogP contribution < -0.4 is 0 Å². The molecule has 84 valence electrons. The van der Waals surface area contributed by atoms with Crippen molar-refractivity contribution in [2.24, 2.45) is 0 Å². The van der Waals surface area contributed by atoms with Crippen LogP contribution in [0.1, 0.15) is 36.6 Å². The maximum atomic E-state index is 10.5. The van der Waals surface area contributed by atoms with Gasteiger partial charge >= 0.3 is 5.97 Å². The Labute approximate surface area is 92.9 Å². The molecular formula is C10H15NO3S. The third kappa shape index (κ3) is 3.60. The molecule has 15 heavy (non-hydrogen) atoms. The minimum atomic E-state index is -0.851. The van der Waals surface area contributed by atoms with Crippen LogP contribution in [0.4, 0.5) is 0 Å². The maximum Gasteiger partial charge on any atom is 0.309 e. The number of aromatic nitrogens is 1. The van der Waals surface area contributed by atoms with Gasteiger partial charge in [-0.1, -0.05) is 13.3 Å². The van der Waals surface area contributed by atoms with Crippen LogP contribution in [0.2, 0.25) is 0 Å². The van der Waals surface area contributed by atoms with Gasteiger partial charge in [-0.2, -0.15) is 0 Å². The minimum Gasteiger partial charge on any atom is -0.481 e. The van der Waals surface area contributed by atoms with Crippen LogP contribution in [0.15, 0.2) is 5.38 Å². The van der Waals surface area contributed by atoms with Gasteiger partial charge < -0.3 is 9.84 Å². The van der Waals surface area contributed by atoms with Gasteiger partial charge in [0.1, 0.15) is 11.1 Å². The number of methoxy groups -OCH3 is 1. The molecule has 1 unspecified atom stereocenters. The standard InChI is InChI=1S/C10H15NO3S/c1-3-4-8(14-2)10-11-7(6-15-10)5-9(12)13/h6,8H,3-5H2,1-2H3,(H,12,13). The smallest absolute Gasteiger partial charge is 0.309 e. The van der Waals surface area contributed by atoms with Crippen molar-refractivity contribution in [3.05, 3.63) is 16.1 Å². The van der Waals surface area contributed by atoms with E-state index < -0.39 is 5.97 Å². The average Bonchev–Trinajstić information content (AvgIpc) is 2.61. The van der Waals surface area contributed by atoms with Crippen molar-refractivity contribution in [3.63, 3.8) is 0 Å². The van der Waals surface area contributed by atoms with Crippen LogP contribution in [0, 0.1) is 0 Å². The van der Waals surface area contributed by atoms with E-state index in [1.807, 2.05) is 0 Å². The van der Waals surface area contributed by atoms with Gasteiger partial charge in [0.2, 0.25) is 0 Å². The zero-order valence-electron chi connectivity index (χ0n) is 8.90. The molecule has 1 N–H and O–H groups in total. The normalized spacial score (nSPS) is 12.7. The summed E-state index contributed by atoms with van der Waals surface area (Å²) in [4.78, 5) is 14.7. The van der Waals surface area contributed by atoms with Crippen molar-refractivity contribution in [2.75, 3.05) is 7.11 Å². The Bertz CT molecular complexity index is 324. The molecule has 1 rings (SSSR count). The van der Waals surface area contributed by atoms with Gasteiger partial charge in [0.05, 0.1) is 12.1 Å². The fourth-order valence-electron chi connectivity index (χ4n) is 1.31. The molecule has 0 radical (unpaired) electrons. The number of carboxylic acid groups (broad SMARTS) is 1. The monoisotopic (exact) mass is 229 g/mol. The first-order valence-electron chi connectivity index (χ1n) is 4.86. The molecule has 0 spiro atoms. The highest BCUT2D eigenvalue weighted by Gasteiger charge is 2.14. The highest BCUT2D eigenvalue weighted by molar-refractivity contribution is 7.09. The minimum absolute atomic E-state index is 0.00236. The zero-order chi connectivity index (χ0) is 11.3. The van der Waals surface area contributed by atoms with Gasteiger partial charge in [-0.05, 0) is 6.42 Å². The number of hydrogen-bond donors (Lipinski definition) is 1. The molecule has 0 amide bonds. The van der Waals surface area contributed by atoms with E-state index in [-0.39, 0.29) is 12.5 Å². The summed E-state index contributed by atoms with van der Waals surface area (Å²) in [6.07, 6.45) is 1.92. The number of nitrogens with zero attached hydrogens (tertiary/aromatic N) is 1. The Balaban J connectivity index is 2.68. The lowest BCUT2D eigenvalue weighted by Gasteiger charge is -2.10. The number of aliphatic carboxylic acids is 1. The van der Waals surface area contributed by atoms with Crippen molar-refractivity contribution >= 4 is 17.3 Å². The van der Waals surface area contributed by atoms with E-state index in [1.54, 1.807) is 12.5 Å². The summed E-state index contributed by atoms with van der Waals surface area (Å²) < 4.78 is 5.30.